The lowest BCUT2D eigenvalue weighted by atomic mass is 9.81. The second-order valence-electron chi connectivity index (χ2n) is 5.41. The summed E-state index contributed by atoms with van der Waals surface area (Å²) in [6.45, 7) is 7.20. The zero-order chi connectivity index (χ0) is 13.5. The Kier molecular flexibility index (Phi) is 7.15. The van der Waals surface area contributed by atoms with E-state index in [4.69, 9.17) is 9.47 Å². The lowest BCUT2D eigenvalue weighted by Gasteiger charge is -2.31. The smallest absolute Gasteiger partial charge is 0.147 e. The van der Waals surface area contributed by atoms with Crippen molar-refractivity contribution in [2.24, 2.45) is 11.8 Å². The zero-order valence-corrected chi connectivity index (χ0v) is 11.8. The van der Waals surface area contributed by atoms with Crippen LogP contribution in [0.5, 0.6) is 0 Å². The van der Waals surface area contributed by atoms with Gasteiger partial charge in [-0.2, -0.15) is 0 Å². The van der Waals surface area contributed by atoms with Crippen LogP contribution < -0.4 is 0 Å². The van der Waals surface area contributed by atoms with E-state index in [-0.39, 0.29) is 12.0 Å². The summed E-state index contributed by atoms with van der Waals surface area (Å²) in [5.74, 6) is 0.590. The molecule has 1 aliphatic heterocycles. The second kappa shape index (κ2) is 8.10. The van der Waals surface area contributed by atoms with Gasteiger partial charge in [-0.1, -0.05) is 40.0 Å². The molecule has 4 nitrogen and oxygen atoms in total. The van der Waals surface area contributed by atoms with Gasteiger partial charge in [0.25, 0.3) is 0 Å². The van der Waals surface area contributed by atoms with Gasteiger partial charge in [-0.05, 0) is 11.8 Å². The van der Waals surface area contributed by atoms with Crippen molar-refractivity contribution in [2.75, 3.05) is 13.4 Å². The first kappa shape index (κ1) is 15.9. The Morgan fingerprint density at radius 1 is 1.28 bits per heavy atom. The summed E-state index contributed by atoms with van der Waals surface area (Å²) < 4.78 is 10.4. The van der Waals surface area contributed by atoms with Gasteiger partial charge in [0.05, 0.1) is 24.9 Å². The highest BCUT2D eigenvalue weighted by molar-refractivity contribution is 4.81. The molecule has 0 aromatic heterocycles. The summed E-state index contributed by atoms with van der Waals surface area (Å²) in [6.07, 6.45) is 2.08. The third-order valence-electron chi connectivity index (χ3n) is 3.97. The van der Waals surface area contributed by atoms with Crippen molar-refractivity contribution < 1.29 is 19.7 Å². The first-order valence-electron chi connectivity index (χ1n) is 7.15. The number of aliphatic hydroxyl groups excluding tert-OH is 2. The first-order valence-corrected chi connectivity index (χ1v) is 7.15. The maximum absolute atomic E-state index is 10.3. The number of rotatable bonds is 8. The molecule has 0 aromatic rings. The van der Waals surface area contributed by atoms with Gasteiger partial charge in [-0.25, -0.2) is 0 Å². The summed E-state index contributed by atoms with van der Waals surface area (Å²) in [4.78, 5) is 0. The predicted molar refractivity (Wildman–Crippen MR) is 70.2 cm³/mol. The lowest BCUT2D eigenvalue weighted by Crippen LogP contribution is -2.39. The van der Waals surface area contributed by atoms with Crippen molar-refractivity contribution in [3.05, 3.63) is 0 Å². The van der Waals surface area contributed by atoms with E-state index in [1.165, 1.54) is 0 Å². The van der Waals surface area contributed by atoms with E-state index in [9.17, 15) is 10.2 Å². The van der Waals surface area contributed by atoms with E-state index in [2.05, 4.69) is 20.8 Å². The lowest BCUT2D eigenvalue weighted by molar-refractivity contribution is -0.0567. The highest BCUT2D eigenvalue weighted by atomic mass is 16.7. The molecule has 1 aliphatic rings. The van der Waals surface area contributed by atoms with Crippen molar-refractivity contribution in [3.63, 3.8) is 0 Å². The van der Waals surface area contributed by atoms with Gasteiger partial charge in [0, 0.05) is 6.42 Å². The summed E-state index contributed by atoms with van der Waals surface area (Å²) in [5.41, 5.74) is 0. The van der Waals surface area contributed by atoms with Gasteiger partial charge in [0.15, 0.2) is 0 Å². The molecule has 0 spiro atoms. The Hall–Kier alpha value is -0.160. The number of ether oxygens (including phenoxy) is 2. The third-order valence-corrected chi connectivity index (χ3v) is 3.97. The molecule has 2 N–H and O–H groups in total. The molecule has 1 fully saturated rings. The molecule has 1 rings (SSSR count). The summed E-state index contributed by atoms with van der Waals surface area (Å²) in [5, 5.41) is 20.4. The number of hydrogen-bond acceptors (Lipinski definition) is 4. The second-order valence-corrected chi connectivity index (χ2v) is 5.41. The molecule has 0 saturated carbocycles. The monoisotopic (exact) mass is 260 g/mol. The van der Waals surface area contributed by atoms with Crippen molar-refractivity contribution in [1.82, 2.24) is 0 Å². The molecule has 18 heavy (non-hydrogen) atoms. The molecule has 0 bridgehead atoms. The fourth-order valence-corrected chi connectivity index (χ4v) is 2.85. The Morgan fingerprint density at radius 3 is 2.50 bits per heavy atom. The molecule has 0 aliphatic carbocycles. The van der Waals surface area contributed by atoms with Crippen LogP contribution in [0.2, 0.25) is 0 Å². The fourth-order valence-electron chi connectivity index (χ4n) is 2.85. The molecule has 1 heterocycles. The van der Waals surface area contributed by atoms with Gasteiger partial charge < -0.3 is 19.7 Å². The molecule has 0 aromatic carbocycles. The minimum atomic E-state index is -0.721. The minimum absolute atomic E-state index is 0.0753. The summed E-state index contributed by atoms with van der Waals surface area (Å²) in [6, 6.07) is 0. The van der Waals surface area contributed by atoms with E-state index in [1.807, 2.05) is 0 Å². The van der Waals surface area contributed by atoms with Crippen LogP contribution in [0.1, 0.15) is 46.5 Å². The van der Waals surface area contributed by atoms with Crippen LogP contribution in [-0.2, 0) is 9.47 Å². The number of aliphatic hydroxyl groups is 2. The Labute approximate surface area is 110 Å². The predicted octanol–water partition coefficient (Wildman–Crippen LogP) is 1.93. The van der Waals surface area contributed by atoms with E-state index < -0.39 is 12.2 Å². The molecule has 4 heteroatoms. The van der Waals surface area contributed by atoms with Crippen LogP contribution in [0.3, 0.4) is 0 Å². The molecule has 108 valence electrons. The molecule has 5 atom stereocenters. The molecule has 0 radical (unpaired) electrons. The van der Waals surface area contributed by atoms with Crippen molar-refractivity contribution in [2.45, 2.75) is 64.8 Å². The Morgan fingerprint density at radius 2 is 2.00 bits per heavy atom. The maximum Gasteiger partial charge on any atom is 0.147 e. The van der Waals surface area contributed by atoms with Crippen LogP contribution >= 0.6 is 0 Å². The van der Waals surface area contributed by atoms with Gasteiger partial charge >= 0.3 is 0 Å². The number of hydrogen-bond donors (Lipinski definition) is 2. The van der Waals surface area contributed by atoms with E-state index in [1.54, 1.807) is 0 Å². The maximum atomic E-state index is 10.3. The van der Waals surface area contributed by atoms with E-state index >= 15 is 0 Å². The highest BCUT2D eigenvalue weighted by Gasteiger charge is 2.31. The topological polar surface area (TPSA) is 58.9 Å². The highest BCUT2D eigenvalue weighted by Crippen LogP contribution is 2.27. The summed E-state index contributed by atoms with van der Waals surface area (Å²) in [7, 11) is 0. The molecular weight excluding hydrogens is 232 g/mol. The van der Waals surface area contributed by atoms with Crippen LogP contribution in [0, 0.1) is 11.8 Å². The Balaban J connectivity index is 2.45. The fraction of sp³-hybridized carbons (Fsp3) is 1.00. The molecule has 0 amide bonds. The van der Waals surface area contributed by atoms with Crippen molar-refractivity contribution in [3.8, 4) is 0 Å². The van der Waals surface area contributed by atoms with Crippen LogP contribution in [0.4, 0.5) is 0 Å². The standard InChI is InChI=1S/C14H28O4/c1-4-6-10(3)12(5-2)14(16)13(15)7-11-8-17-9-18-11/h10-16H,4-9H2,1-3H3/t10-,11-,12-,13+,14-/m0/s1. The van der Waals surface area contributed by atoms with Gasteiger partial charge in [-0.15, -0.1) is 0 Å². The van der Waals surface area contributed by atoms with E-state index in [0.29, 0.717) is 25.7 Å². The average molecular weight is 260 g/mol. The average Bonchev–Trinajstić information content (AvgIpc) is 2.83. The van der Waals surface area contributed by atoms with Crippen LogP contribution in [-0.4, -0.2) is 41.9 Å². The van der Waals surface area contributed by atoms with Gasteiger partial charge in [-0.3, -0.25) is 0 Å². The molecule has 1 saturated heterocycles. The molecular formula is C14H28O4. The molecule has 0 unspecified atom stereocenters. The normalized spacial score (nSPS) is 26.8. The Bertz CT molecular complexity index is 216. The largest absolute Gasteiger partial charge is 0.390 e. The van der Waals surface area contributed by atoms with Crippen molar-refractivity contribution in [1.29, 1.82) is 0 Å². The minimum Gasteiger partial charge on any atom is -0.390 e. The van der Waals surface area contributed by atoms with Gasteiger partial charge in [0.1, 0.15) is 6.79 Å². The quantitative estimate of drug-likeness (QED) is 0.700. The van der Waals surface area contributed by atoms with Crippen molar-refractivity contribution >= 4 is 0 Å². The van der Waals surface area contributed by atoms with Gasteiger partial charge in [0.2, 0.25) is 0 Å². The zero-order valence-electron chi connectivity index (χ0n) is 11.8. The van der Waals surface area contributed by atoms with Crippen LogP contribution in [0.15, 0.2) is 0 Å². The first-order chi connectivity index (χ1) is 8.60. The van der Waals surface area contributed by atoms with Crippen LogP contribution in [0.25, 0.3) is 0 Å². The SMILES string of the molecule is CCC[C@H](C)[C@H](CC)[C@H](O)[C@H](O)C[C@H]1COCO1. The summed E-state index contributed by atoms with van der Waals surface area (Å²) >= 11 is 0. The third kappa shape index (κ3) is 4.50. The van der Waals surface area contributed by atoms with E-state index in [0.717, 1.165) is 19.3 Å².